The minimum Gasteiger partial charge on any atom is -0.342 e. The van der Waals surface area contributed by atoms with Crippen LogP contribution in [0.5, 0.6) is 0 Å². The van der Waals surface area contributed by atoms with Gasteiger partial charge in [0.25, 0.3) is 5.91 Å². The molecule has 6 nitrogen and oxygen atoms in total. The van der Waals surface area contributed by atoms with Gasteiger partial charge in [-0.3, -0.25) is 25.2 Å². The van der Waals surface area contributed by atoms with Crippen LogP contribution >= 0.6 is 11.6 Å². The lowest BCUT2D eigenvalue weighted by Gasteiger charge is -2.32. The lowest BCUT2D eigenvalue weighted by molar-refractivity contribution is -0.138. The molecule has 0 aliphatic carbocycles. The molecular formula is C17H22ClN3O3. The number of hydrogen-bond donors (Lipinski definition) is 2. The van der Waals surface area contributed by atoms with Crippen LogP contribution in [0, 0.1) is 11.8 Å². The highest BCUT2D eigenvalue weighted by Crippen LogP contribution is 2.19. The van der Waals surface area contributed by atoms with Crippen molar-refractivity contribution in [2.75, 3.05) is 13.1 Å². The van der Waals surface area contributed by atoms with Crippen molar-refractivity contribution >= 4 is 29.3 Å². The van der Waals surface area contributed by atoms with Crippen LogP contribution in [0.3, 0.4) is 0 Å². The zero-order valence-electron chi connectivity index (χ0n) is 13.8. The molecule has 0 saturated carbocycles. The highest BCUT2D eigenvalue weighted by Gasteiger charge is 2.28. The molecule has 1 fully saturated rings. The van der Waals surface area contributed by atoms with Crippen molar-refractivity contribution in [3.05, 3.63) is 34.9 Å². The topological polar surface area (TPSA) is 78.5 Å². The van der Waals surface area contributed by atoms with Crippen LogP contribution in [0.2, 0.25) is 5.02 Å². The van der Waals surface area contributed by atoms with Crippen molar-refractivity contribution in [2.45, 2.75) is 26.7 Å². The summed E-state index contributed by atoms with van der Waals surface area (Å²) in [7, 11) is 0. The number of carbonyl (C=O) groups excluding carboxylic acids is 3. The van der Waals surface area contributed by atoms with Gasteiger partial charge >= 0.3 is 0 Å². The van der Waals surface area contributed by atoms with Crippen LogP contribution in [0.25, 0.3) is 0 Å². The third-order valence-electron chi connectivity index (χ3n) is 4.09. The average Bonchev–Trinajstić information content (AvgIpc) is 2.59. The second-order valence-electron chi connectivity index (χ2n) is 6.18. The monoisotopic (exact) mass is 351 g/mol. The number of piperidine rings is 1. The van der Waals surface area contributed by atoms with Gasteiger partial charge in [0.1, 0.15) is 0 Å². The first-order valence-electron chi connectivity index (χ1n) is 8.03. The summed E-state index contributed by atoms with van der Waals surface area (Å²) in [6, 6.07) is 6.62. The van der Waals surface area contributed by atoms with Gasteiger partial charge < -0.3 is 4.90 Å². The lowest BCUT2D eigenvalue weighted by atomic mass is 9.95. The summed E-state index contributed by atoms with van der Waals surface area (Å²) in [5.74, 6) is -0.840. The molecule has 130 valence electrons. The number of carbonyl (C=O) groups is 3. The first-order valence-corrected chi connectivity index (χ1v) is 8.41. The molecule has 7 heteroatoms. The molecule has 1 aromatic rings. The number of benzene rings is 1. The molecule has 0 atom stereocenters. The Morgan fingerprint density at radius 1 is 1.12 bits per heavy atom. The van der Waals surface area contributed by atoms with Gasteiger partial charge in [0.2, 0.25) is 11.8 Å². The molecule has 1 saturated heterocycles. The van der Waals surface area contributed by atoms with Crippen LogP contribution in [0.15, 0.2) is 24.3 Å². The highest BCUT2D eigenvalue weighted by atomic mass is 35.5. The molecule has 0 aromatic heterocycles. The van der Waals surface area contributed by atoms with Gasteiger partial charge in [-0.25, -0.2) is 0 Å². The zero-order chi connectivity index (χ0) is 17.7. The van der Waals surface area contributed by atoms with Gasteiger partial charge in [0.05, 0.1) is 10.6 Å². The summed E-state index contributed by atoms with van der Waals surface area (Å²) in [6.07, 6.45) is 1.18. The number of amides is 3. The van der Waals surface area contributed by atoms with Crippen LogP contribution < -0.4 is 10.9 Å². The van der Waals surface area contributed by atoms with E-state index in [1.54, 1.807) is 29.2 Å². The number of halogens is 1. The lowest BCUT2D eigenvalue weighted by Crippen LogP contribution is -2.48. The number of rotatable bonds is 3. The Labute approximate surface area is 146 Å². The summed E-state index contributed by atoms with van der Waals surface area (Å²) >= 11 is 5.94. The SMILES string of the molecule is CC(C)C(=O)N1CCC(C(=O)NNC(=O)c2ccccc2Cl)CC1. The van der Waals surface area contributed by atoms with Gasteiger partial charge in [-0.15, -0.1) is 0 Å². The number of hydrazine groups is 1. The molecule has 2 N–H and O–H groups in total. The number of hydrogen-bond acceptors (Lipinski definition) is 3. The first-order chi connectivity index (χ1) is 11.4. The third-order valence-corrected chi connectivity index (χ3v) is 4.42. The molecule has 24 heavy (non-hydrogen) atoms. The van der Waals surface area contributed by atoms with E-state index in [4.69, 9.17) is 11.6 Å². The Bertz CT molecular complexity index is 625. The van der Waals surface area contributed by atoms with E-state index in [0.29, 0.717) is 36.5 Å². The second-order valence-corrected chi connectivity index (χ2v) is 6.58. The first kappa shape index (κ1) is 18.3. The molecule has 0 spiro atoms. The van der Waals surface area contributed by atoms with E-state index in [1.807, 2.05) is 13.8 Å². The number of likely N-dealkylation sites (tertiary alicyclic amines) is 1. The molecule has 0 unspecified atom stereocenters. The van der Waals surface area contributed by atoms with Gasteiger partial charge in [-0.1, -0.05) is 37.6 Å². The van der Waals surface area contributed by atoms with Crippen molar-refractivity contribution in [3.8, 4) is 0 Å². The maximum Gasteiger partial charge on any atom is 0.271 e. The predicted molar refractivity (Wildman–Crippen MR) is 91.2 cm³/mol. The van der Waals surface area contributed by atoms with E-state index in [2.05, 4.69) is 10.9 Å². The Hall–Kier alpha value is -2.08. The number of nitrogens with zero attached hydrogens (tertiary/aromatic N) is 1. The van der Waals surface area contributed by atoms with Crippen molar-refractivity contribution < 1.29 is 14.4 Å². The van der Waals surface area contributed by atoms with E-state index < -0.39 is 5.91 Å². The molecular weight excluding hydrogens is 330 g/mol. The highest BCUT2D eigenvalue weighted by molar-refractivity contribution is 6.33. The van der Waals surface area contributed by atoms with Crippen molar-refractivity contribution in [3.63, 3.8) is 0 Å². The Kier molecular flexibility index (Phi) is 6.20. The summed E-state index contributed by atoms with van der Waals surface area (Å²) in [6.45, 7) is 4.86. The number of nitrogens with one attached hydrogen (secondary N) is 2. The second kappa shape index (κ2) is 8.15. The Balaban J connectivity index is 1.81. The van der Waals surface area contributed by atoms with Gasteiger partial charge in [-0.2, -0.15) is 0 Å². The Morgan fingerprint density at radius 2 is 1.75 bits per heavy atom. The van der Waals surface area contributed by atoms with Crippen LogP contribution in [0.1, 0.15) is 37.0 Å². The molecule has 1 aliphatic heterocycles. The quantitative estimate of drug-likeness (QED) is 0.817. The molecule has 0 radical (unpaired) electrons. The fourth-order valence-corrected chi connectivity index (χ4v) is 2.88. The minimum atomic E-state index is -0.457. The zero-order valence-corrected chi connectivity index (χ0v) is 14.6. The molecule has 0 bridgehead atoms. The minimum absolute atomic E-state index is 0.0368. The van der Waals surface area contributed by atoms with E-state index in [9.17, 15) is 14.4 Å². The van der Waals surface area contributed by atoms with E-state index in [-0.39, 0.29) is 23.7 Å². The van der Waals surface area contributed by atoms with E-state index in [0.717, 1.165) is 0 Å². The summed E-state index contributed by atoms with van der Waals surface area (Å²) < 4.78 is 0. The summed E-state index contributed by atoms with van der Waals surface area (Å²) in [4.78, 5) is 37.9. The molecule has 2 rings (SSSR count). The summed E-state index contributed by atoms with van der Waals surface area (Å²) in [5.41, 5.74) is 5.13. The Morgan fingerprint density at radius 3 is 2.33 bits per heavy atom. The van der Waals surface area contributed by atoms with Gasteiger partial charge in [0, 0.05) is 24.9 Å². The standard InChI is InChI=1S/C17H22ClN3O3/c1-11(2)17(24)21-9-7-12(8-10-21)15(22)19-20-16(23)13-5-3-4-6-14(13)18/h3-6,11-12H,7-10H2,1-2H3,(H,19,22)(H,20,23). The maximum atomic E-state index is 12.2. The van der Waals surface area contributed by atoms with Crippen molar-refractivity contribution in [1.82, 2.24) is 15.8 Å². The fraction of sp³-hybridized carbons (Fsp3) is 0.471. The van der Waals surface area contributed by atoms with Crippen LogP contribution in [-0.4, -0.2) is 35.7 Å². The van der Waals surface area contributed by atoms with E-state index >= 15 is 0 Å². The average molecular weight is 352 g/mol. The smallest absolute Gasteiger partial charge is 0.271 e. The largest absolute Gasteiger partial charge is 0.342 e. The molecule has 1 aromatic carbocycles. The fourth-order valence-electron chi connectivity index (χ4n) is 2.66. The molecule has 3 amide bonds. The normalized spacial score (nSPS) is 15.2. The predicted octanol–water partition coefficient (Wildman–Crippen LogP) is 2.00. The van der Waals surface area contributed by atoms with Crippen LogP contribution in [-0.2, 0) is 9.59 Å². The molecule has 1 heterocycles. The maximum absolute atomic E-state index is 12.2. The van der Waals surface area contributed by atoms with Crippen molar-refractivity contribution in [1.29, 1.82) is 0 Å². The molecule has 1 aliphatic rings. The third kappa shape index (κ3) is 4.47. The van der Waals surface area contributed by atoms with Gasteiger partial charge in [-0.05, 0) is 25.0 Å². The van der Waals surface area contributed by atoms with Crippen molar-refractivity contribution in [2.24, 2.45) is 11.8 Å². The van der Waals surface area contributed by atoms with E-state index in [1.165, 1.54) is 0 Å². The van der Waals surface area contributed by atoms with Gasteiger partial charge in [0.15, 0.2) is 0 Å². The van der Waals surface area contributed by atoms with Crippen LogP contribution in [0.4, 0.5) is 0 Å². The summed E-state index contributed by atoms with van der Waals surface area (Å²) in [5, 5.41) is 0.324.